The van der Waals surface area contributed by atoms with Crippen LogP contribution < -0.4 is 4.90 Å². The number of halogens is 2. The zero-order chi connectivity index (χ0) is 18.5. The van der Waals surface area contributed by atoms with Crippen molar-refractivity contribution in [2.45, 2.75) is 0 Å². The van der Waals surface area contributed by atoms with Gasteiger partial charge < -0.3 is 9.80 Å². The second-order valence-corrected chi connectivity index (χ2v) is 6.88. The number of carbonyl (C=O) groups excluding carboxylic acids is 2. The van der Waals surface area contributed by atoms with Gasteiger partial charge in [-0.05, 0) is 42.5 Å². The number of para-hydroxylation sites is 1. The van der Waals surface area contributed by atoms with Crippen LogP contribution in [0.1, 0.15) is 10.4 Å². The summed E-state index contributed by atoms with van der Waals surface area (Å²) in [6.07, 6.45) is 2.61. The molecule has 0 aliphatic carbocycles. The molecule has 0 bridgehead atoms. The number of benzene rings is 2. The normalized spacial score (nSPS) is 14.7. The van der Waals surface area contributed by atoms with Crippen molar-refractivity contribution < 1.29 is 14.0 Å². The van der Waals surface area contributed by atoms with Crippen molar-refractivity contribution in [1.82, 2.24) is 4.90 Å². The van der Waals surface area contributed by atoms with E-state index in [9.17, 15) is 14.0 Å². The van der Waals surface area contributed by atoms with Gasteiger partial charge >= 0.3 is 0 Å². The number of rotatable bonds is 4. The third-order valence-electron chi connectivity index (χ3n) is 4.29. The van der Waals surface area contributed by atoms with Crippen molar-refractivity contribution in [2.24, 2.45) is 0 Å². The van der Waals surface area contributed by atoms with Crippen molar-refractivity contribution in [3.63, 3.8) is 0 Å². The molecule has 1 aliphatic heterocycles. The Morgan fingerprint density at radius 3 is 2.23 bits per heavy atom. The summed E-state index contributed by atoms with van der Waals surface area (Å²) in [6.45, 7) is 2.09. The standard InChI is InChI=1S/C20H18BrFN2O2/c21-16-7-5-15(6-8-16)19(25)9-10-20(26)24-13-11-23(12-14-24)18-4-2-1-3-17(18)22/h1-10H,11-14H2/b10-9+. The second kappa shape index (κ2) is 8.27. The van der Waals surface area contributed by atoms with E-state index in [2.05, 4.69) is 15.9 Å². The van der Waals surface area contributed by atoms with E-state index in [4.69, 9.17) is 0 Å². The Morgan fingerprint density at radius 2 is 1.58 bits per heavy atom. The molecular formula is C20H18BrFN2O2. The fraction of sp³-hybridized carbons (Fsp3) is 0.200. The van der Waals surface area contributed by atoms with E-state index in [1.807, 2.05) is 4.90 Å². The van der Waals surface area contributed by atoms with E-state index in [0.29, 0.717) is 37.4 Å². The highest BCUT2D eigenvalue weighted by Gasteiger charge is 2.21. The molecule has 2 aromatic rings. The van der Waals surface area contributed by atoms with E-state index in [1.165, 1.54) is 18.2 Å². The molecule has 1 saturated heterocycles. The minimum Gasteiger partial charge on any atom is -0.366 e. The summed E-state index contributed by atoms with van der Waals surface area (Å²) in [4.78, 5) is 28.0. The number of allylic oxidation sites excluding steroid dienone is 1. The number of nitrogens with zero attached hydrogens (tertiary/aromatic N) is 2. The lowest BCUT2D eigenvalue weighted by atomic mass is 10.1. The molecule has 0 radical (unpaired) electrons. The molecule has 6 heteroatoms. The Balaban J connectivity index is 1.56. The van der Waals surface area contributed by atoms with Gasteiger partial charge in [-0.2, -0.15) is 0 Å². The molecule has 0 unspecified atom stereocenters. The van der Waals surface area contributed by atoms with Gasteiger partial charge in [0.2, 0.25) is 5.91 Å². The average Bonchev–Trinajstić information content (AvgIpc) is 2.67. The second-order valence-electron chi connectivity index (χ2n) is 5.97. The molecule has 1 fully saturated rings. The Bertz CT molecular complexity index is 828. The molecule has 26 heavy (non-hydrogen) atoms. The van der Waals surface area contributed by atoms with Crippen LogP contribution in [0, 0.1) is 5.82 Å². The minimum absolute atomic E-state index is 0.205. The maximum absolute atomic E-state index is 13.9. The van der Waals surface area contributed by atoms with Crippen LogP contribution >= 0.6 is 15.9 Å². The molecule has 1 amide bonds. The van der Waals surface area contributed by atoms with Crippen LogP contribution in [0.4, 0.5) is 10.1 Å². The fourth-order valence-corrected chi connectivity index (χ4v) is 3.10. The van der Waals surface area contributed by atoms with Crippen molar-refractivity contribution in [3.8, 4) is 0 Å². The number of hydrogen-bond acceptors (Lipinski definition) is 3. The first-order chi connectivity index (χ1) is 12.5. The van der Waals surface area contributed by atoms with Gasteiger partial charge in [0.25, 0.3) is 0 Å². The smallest absolute Gasteiger partial charge is 0.246 e. The molecule has 0 atom stereocenters. The lowest BCUT2D eigenvalue weighted by molar-refractivity contribution is -0.126. The van der Waals surface area contributed by atoms with Crippen LogP contribution in [0.2, 0.25) is 0 Å². The van der Waals surface area contributed by atoms with E-state index in [1.54, 1.807) is 47.4 Å². The first-order valence-corrected chi connectivity index (χ1v) is 9.10. The summed E-state index contributed by atoms with van der Waals surface area (Å²) in [5.41, 5.74) is 1.09. The Kier molecular flexibility index (Phi) is 5.83. The number of piperazine rings is 1. The van der Waals surface area contributed by atoms with Crippen LogP contribution in [-0.4, -0.2) is 42.8 Å². The topological polar surface area (TPSA) is 40.6 Å². The third kappa shape index (κ3) is 4.38. The SMILES string of the molecule is O=C(/C=C/C(=O)N1CCN(c2ccccc2F)CC1)c1ccc(Br)cc1. The number of anilines is 1. The van der Waals surface area contributed by atoms with Crippen molar-refractivity contribution in [3.05, 3.63) is 76.5 Å². The van der Waals surface area contributed by atoms with Gasteiger partial charge in [0.15, 0.2) is 5.78 Å². The summed E-state index contributed by atoms with van der Waals surface area (Å²) >= 11 is 3.32. The highest BCUT2D eigenvalue weighted by atomic mass is 79.9. The van der Waals surface area contributed by atoms with Gasteiger partial charge in [-0.1, -0.05) is 28.1 Å². The lowest BCUT2D eigenvalue weighted by Gasteiger charge is -2.35. The van der Waals surface area contributed by atoms with Crippen molar-refractivity contribution >= 4 is 33.3 Å². The lowest BCUT2D eigenvalue weighted by Crippen LogP contribution is -2.48. The van der Waals surface area contributed by atoms with Crippen LogP contribution in [0.3, 0.4) is 0 Å². The van der Waals surface area contributed by atoms with Crippen LogP contribution in [0.15, 0.2) is 65.2 Å². The molecular weight excluding hydrogens is 399 g/mol. The Morgan fingerprint density at radius 1 is 0.923 bits per heavy atom. The van der Waals surface area contributed by atoms with Gasteiger partial charge in [-0.3, -0.25) is 9.59 Å². The Labute approximate surface area is 160 Å². The van der Waals surface area contributed by atoms with E-state index < -0.39 is 0 Å². The van der Waals surface area contributed by atoms with Crippen molar-refractivity contribution in [1.29, 1.82) is 0 Å². The van der Waals surface area contributed by atoms with Gasteiger partial charge in [0.05, 0.1) is 5.69 Å². The molecule has 0 N–H and O–H groups in total. The van der Waals surface area contributed by atoms with E-state index >= 15 is 0 Å². The third-order valence-corrected chi connectivity index (χ3v) is 4.82. The van der Waals surface area contributed by atoms with Crippen LogP contribution in [-0.2, 0) is 4.79 Å². The fourth-order valence-electron chi connectivity index (χ4n) is 2.84. The predicted molar refractivity (Wildman–Crippen MR) is 103 cm³/mol. The van der Waals surface area contributed by atoms with Crippen molar-refractivity contribution in [2.75, 3.05) is 31.1 Å². The zero-order valence-corrected chi connectivity index (χ0v) is 15.7. The first-order valence-electron chi connectivity index (χ1n) is 8.31. The largest absolute Gasteiger partial charge is 0.366 e. The van der Waals surface area contributed by atoms with E-state index in [0.717, 1.165) is 4.47 Å². The molecule has 1 aliphatic rings. The molecule has 134 valence electrons. The minimum atomic E-state index is -0.257. The summed E-state index contributed by atoms with van der Waals surface area (Å²) < 4.78 is 14.7. The molecule has 3 rings (SSSR count). The van der Waals surface area contributed by atoms with Gasteiger partial charge in [-0.15, -0.1) is 0 Å². The molecule has 4 nitrogen and oxygen atoms in total. The summed E-state index contributed by atoms with van der Waals surface area (Å²) in [6, 6.07) is 13.6. The molecule has 0 aromatic heterocycles. The van der Waals surface area contributed by atoms with Crippen LogP contribution in [0.5, 0.6) is 0 Å². The van der Waals surface area contributed by atoms with Gasteiger partial charge in [0.1, 0.15) is 5.82 Å². The summed E-state index contributed by atoms with van der Waals surface area (Å²) in [5, 5.41) is 0. The highest BCUT2D eigenvalue weighted by molar-refractivity contribution is 9.10. The van der Waals surface area contributed by atoms with Gasteiger partial charge in [0, 0.05) is 42.3 Å². The molecule has 0 spiro atoms. The highest BCUT2D eigenvalue weighted by Crippen LogP contribution is 2.20. The zero-order valence-electron chi connectivity index (χ0n) is 14.1. The Hall–Kier alpha value is -2.47. The molecule has 0 saturated carbocycles. The quantitative estimate of drug-likeness (QED) is 0.563. The molecule has 2 aromatic carbocycles. The summed E-state index contributed by atoms with van der Waals surface area (Å²) in [7, 11) is 0. The number of hydrogen-bond donors (Lipinski definition) is 0. The summed E-state index contributed by atoms with van der Waals surface area (Å²) in [5.74, 6) is -0.674. The van der Waals surface area contributed by atoms with Crippen LogP contribution in [0.25, 0.3) is 0 Å². The van der Waals surface area contributed by atoms with E-state index in [-0.39, 0.29) is 17.5 Å². The number of ketones is 1. The maximum atomic E-state index is 13.9. The van der Waals surface area contributed by atoms with Gasteiger partial charge in [-0.25, -0.2) is 4.39 Å². The molecule has 1 heterocycles. The first kappa shape index (κ1) is 18.3. The average molecular weight is 417 g/mol. The number of carbonyl (C=O) groups is 2. The maximum Gasteiger partial charge on any atom is 0.246 e. The number of amides is 1. The predicted octanol–water partition coefficient (Wildman–Crippen LogP) is 3.68. The monoisotopic (exact) mass is 416 g/mol.